The molecule has 1 aromatic heterocycles. The van der Waals surface area contributed by atoms with Crippen molar-refractivity contribution < 1.29 is 13.2 Å². The lowest BCUT2D eigenvalue weighted by Crippen LogP contribution is -2.05. The van der Waals surface area contributed by atoms with E-state index in [1.807, 2.05) is 0 Å². The number of aryl methyl sites for hydroxylation is 1. The molecule has 2 rings (SSSR count). The van der Waals surface area contributed by atoms with Gasteiger partial charge in [-0.3, -0.25) is 4.68 Å². The summed E-state index contributed by atoms with van der Waals surface area (Å²) in [6.07, 6.45) is -1.10. The van der Waals surface area contributed by atoms with Crippen LogP contribution in [-0.4, -0.2) is 9.78 Å². The van der Waals surface area contributed by atoms with E-state index >= 15 is 0 Å². The zero-order valence-electron chi connectivity index (χ0n) is 8.99. The standard InChI is InChI=1S/C11H10F3N3/c1-17-7-10(6-15-17)16-9-4-2-3-8(5-9)11(12,13)14/h2-7,16H,1H3. The summed E-state index contributed by atoms with van der Waals surface area (Å²) in [5.41, 5.74) is 0.353. The van der Waals surface area contributed by atoms with Crippen molar-refractivity contribution in [2.75, 3.05) is 5.32 Å². The number of halogens is 3. The van der Waals surface area contributed by atoms with Crippen molar-refractivity contribution in [3.8, 4) is 0 Å². The van der Waals surface area contributed by atoms with Crippen LogP contribution in [0.5, 0.6) is 0 Å². The quantitative estimate of drug-likeness (QED) is 0.875. The first kappa shape index (κ1) is 11.5. The molecule has 3 nitrogen and oxygen atoms in total. The fourth-order valence-corrected chi connectivity index (χ4v) is 1.43. The van der Waals surface area contributed by atoms with Crippen molar-refractivity contribution in [2.45, 2.75) is 6.18 Å². The first-order valence-electron chi connectivity index (χ1n) is 4.88. The zero-order valence-corrected chi connectivity index (χ0v) is 8.99. The van der Waals surface area contributed by atoms with E-state index in [1.54, 1.807) is 30.2 Å². The second-order valence-corrected chi connectivity index (χ2v) is 3.61. The molecule has 0 saturated heterocycles. The van der Waals surface area contributed by atoms with Crippen molar-refractivity contribution in [1.29, 1.82) is 0 Å². The molecule has 6 heteroatoms. The predicted octanol–water partition coefficient (Wildman–Crippen LogP) is 3.18. The largest absolute Gasteiger partial charge is 0.416 e. The number of nitrogens with zero attached hydrogens (tertiary/aromatic N) is 2. The third-order valence-electron chi connectivity index (χ3n) is 2.18. The maximum Gasteiger partial charge on any atom is 0.416 e. The van der Waals surface area contributed by atoms with Crippen molar-refractivity contribution in [2.24, 2.45) is 7.05 Å². The minimum absolute atomic E-state index is 0.382. The summed E-state index contributed by atoms with van der Waals surface area (Å²) in [5.74, 6) is 0. The number of benzene rings is 1. The maximum atomic E-state index is 12.5. The molecule has 0 aliphatic carbocycles. The molecular weight excluding hydrogens is 231 g/mol. The number of rotatable bonds is 2. The molecule has 0 unspecified atom stereocenters. The fraction of sp³-hybridized carbons (Fsp3) is 0.182. The molecule has 0 radical (unpaired) electrons. The van der Waals surface area contributed by atoms with Gasteiger partial charge < -0.3 is 5.32 Å². The lowest BCUT2D eigenvalue weighted by molar-refractivity contribution is -0.137. The third kappa shape index (κ3) is 2.77. The van der Waals surface area contributed by atoms with Gasteiger partial charge in [-0.05, 0) is 18.2 Å². The van der Waals surface area contributed by atoms with Crippen LogP contribution in [0.2, 0.25) is 0 Å². The fourth-order valence-electron chi connectivity index (χ4n) is 1.43. The van der Waals surface area contributed by atoms with Gasteiger partial charge in [-0.15, -0.1) is 0 Å². The van der Waals surface area contributed by atoms with E-state index in [0.29, 0.717) is 11.4 Å². The Balaban J connectivity index is 2.22. The predicted molar refractivity (Wildman–Crippen MR) is 57.9 cm³/mol. The van der Waals surface area contributed by atoms with E-state index in [0.717, 1.165) is 12.1 Å². The van der Waals surface area contributed by atoms with Gasteiger partial charge >= 0.3 is 6.18 Å². The number of hydrogen-bond acceptors (Lipinski definition) is 2. The van der Waals surface area contributed by atoms with E-state index in [9.17, 15) is 13.2 Å². The minimum atomic E-state index is -4.33. The summed E-state index contributed by atoms with van der Waals surface area (Å²) in [4.78, 5) is 0. The molecule has 17 heavy (non-hydrogen) atoms. The topological polar surface area (TPSA) is 29.9 Å². The normalized spacial score (nSPS) is 11.5. The van der Waals surface area contributed by atoms with Crippen LogP contribution in [-0.2, 0) is 13.2 Å². The van der Waals surface area contributed by atoms with Gasteiger partial charge in [0.25, 0.3) is 0 Å². The SMILES string of the molecule is Cn1cc(Nc2cccc(C(F)(F)F)c2)cn1. The number of aromatic nitrogens is 2. The number of nitrogens with one attached hydrogen (secondary N) is 1. The molecule has 2 aromatic rings. The number of anilines is 2. The van der Waals surface area contributed by atoms with Gasteiger partial charge in [0, 0.05) is 18.9 Å². The molecule has 0 aliphatic rings. The molecule has 0 amide bonds. The highest BCUT2D eigenvalue weighted by Gasteiger charge is 2.30. The summed E-state index contributed by atoms with van der Waals surface area (Å²) in [7, 11) is 1.73. The Morgan fingerprint density at radius 2 is 2.00 bits per heavy atom. The van der Waals surface area contributed by atoms with Crippen LogP contribution in [0.3, 0.4) is 0 Å². The Hall–Kier alpha value is -1.98. The summed E-state index contributed by atoms with van der Waals surface area (Å²) in [6, 6.07) is 5.03. The van der Waals surface area contributed by atoms with Crippen LogP contribution < -0.4 is 5.32 Å². The van der Waals surface area contributed by atoms with Crippen molar-refractivity contribution in [3.63, 3.8) is 0 Å². The van der Waals surface area contributed by atoms with Gasteiger partial charge in [-0.1, -0.05) is 6.07 Å². The lowest BCUT2D eigenvalue weighted by atomic mass is 10.2. The van der Waals surface area contributed by atoms with Crippen LogP contribution in [0.4, 0.5) is 24.5 Å². The Labute approximate surface area is 95.9 Å². The smallest absolute Gasteiger partial charge is 0.353 e. The average Bonchev–Trinajstić information content (AvgIpc) is 2.63. The van der Waals surface area contributed by atoms with Gasteiger partial charge in [0.1, 0.15) is 0 Å². The molecule has 1 heterocycles. The Bertz CT molecular complexity index is 517. The third-order valence-corrected chi connectivity index (χ3v) is 2.18. The van der Waals surface area contributed by atoms with Crippen molar-refractivity contribution in [3.05, 3.63) is 42.2 Å². The molecule has 90 valence electrons. The van der Waals surface area contributed by atoms with Gasteiger partial charge in [0.15, 0.2) is 0 Å². The van der Waals surface area contributed by atoms with Crippen molar-refractivity contribution in [1.82, 2.24) is 9.78 Å². The van der Waals surface area contributed by atoms with Crippen molar-refractivity contribution >= 4 is 11.4 Å². The van der Waals surface area contributed by atoms with Crippen LogP contribution in [0.15, 0.2) is 36.7 Å². The van der Waals surface area contributed by atoms with Crippen LogP contribution in [0, 0.1) is 0 Å². The van der Waals surface area contributed by atoms with Crippen LogP contribution >= 0.6 is 0 Å². The molecule has 0 atom stereocenters. The molecule has 0 saturated carbocycles. The van der Waals surface area contributed by atoms with Gasteiger partial charge in [-0.25, -0.2) is 0 Å². The second kappa shape index (κ2) is 4.12. The van der Waals surface area contributed by atoms with E-state index in [2.05, 4.69) is 10.4 Å². The lowest BCUT2D eigenvalue weighted by Gasteiger charge is -2.09. The number of hydrogen-bond donors (Lipinski definition) is 1. The Morgan fingerprint density at radius 3 is 2.59 bits per heavy atom. The highest BCUT2D eigenvalue weighted by molar-refractivity contribution is 5.58. The molecule has 0 fully saturated rings. The van der Waals surface area contributed by atoms with Crippen LogP contribution in [0.25, 0.3) is 0 Å². The maximum absolute atomic E-state index is 12.5. The molecule has 0 spiro atoms. The Kier molecular flexibility index (Phi) is 2.79. The molecule has 0 bridgehead atoms. The average molecular weight is 241 g/mol. The van der Waals surface area contributed by atoms with E-state index in [-0.39, 0.29) is 0 Å². The van der Waals surface area contributed by atoms with E-state index in [4.69, 9.17) is 0 Å². The van der Waals surface area contributed by atoms with E-state index < -0.39 is 11.7 Å². The second-order valence-electron chi connectivity index (χ2n) is 3.61. The first-order chi connectivity index (χ1) is 7.95. The molecular formula is C11H10F3N3. The monoisotopic (exact) mass is 241 g/mol. The van der Waals surface area contributed by atoms with Gasteiger partial charge in [0.05, 0.1) is 17.4 Å². The molecule has 1 N–H and O–H groups in total. The highest BCUT2D eigenvalue weighted by Crippen LogP contribution is 2.31. The van der Waals surface area contributed by atoms with Gasteiger partial charge in [0.2, 0.25) is 0 Å². The summed E-state index contributed by atoms with van der Waals surface area (Å²) in [5, 5.41) is 6.77. The highest BCUT2D eigenvalue weighted by atomic mass is 19.4. The summed E-state index contributed by atoms with van der Waals surface area (Å²) < 4.78 is 39.0. The summed E-state index contributed by atoms with van der Waals surface area (Å²) in [6.45, 7) is 0. The van der Waals surface area contributed by atoms with Gasteiger partial charge in [-0.2, -0.15) is 18.3 Å². The zero-order chi connectivity index (χ0) is 12.5. The van der Waals surface area contributed by atoms with Crippen LogP contribution in [0.1, 0.15) is 5.56 Å². The molecule has 0 aliphatic heterocycles. The first-order valence-corrected chi connectivity index (χ1v) is 4.88. The minimum Gasteiger partial charge on any atom is -0.353 e. The number of alkyl halides is 3. The Morgan fingerprint density at radius 1 is 1.24 bits per heavy atom. The van der Waals surface area contributed by atoms with E-state index in [1.165, 1.54) is 6.07 Å². The molecule has 1 aromatic carbocycles. The summed E-state index contributed by atoms with van der Waals surface area (Å²) >= 11 is 0.